The van der Waals surface area contributed by atoms with Crippen molar-refractivity contribution in [2.45, 2.75) is 18.2 Å². The summed E-state index contributed by atoms with van der Waals surface area (Å²) in [7, 11) is -2.98. The van der Waals surface area contributed by atoms with Gasteiger partial charge in [-0.25, -0.2) is 22.2 Å². The third-order valence-electron chi connectivity index (χ3n) is 5.31. The second-order valence-electron chi connectivity index (χ2n) is 7.50. The minimum absolute atomic E-state index is 0.108. The number of nitrogens with zero attached hydrogens (tertiary/aromatic N) is 2. The zero-order valence-corrected chi connectivity index (χ0v) is 19.7. The number of aliphatic hydroxyl groups excluding tert-OH is 1. The number of hydrogen-bond donors (Lipinski definition) is 2. The number of imidazole rings is 1. The minimum Gasteiger partial charge on any atom is -0.494 e. The summed E-state index contributed by atoms with van der Waals surface area (Å²) in [5, 5.41) is 9.00. The van der Waals surface area contributed by atoms with E-state index in [4.69, 9.17) is 9.84 Å². The number of aliphatic hydroxyl groups is 1. The summed E-state index contributed by atoms with van der Waals surface area (Å²) in [6, 6.07) is 9.31. The van der Waals surface area contributed by atoms with Crippen molar-refractivity contribution in [1.82, 2.24) is 9.38 Å². The Balaban J connectivity index is 1.84. The Morgan fingerprint density at radius 3 is 2.63 bits per heavy atom. The number of benzene rings is 2. The summed E-state index contributed by atoms with van der Waals surface area (Å²) in [4.78, 5) is 3.60. The molecule has 0 unspecified atom stereocenters. The van der Waals surface area contributed by atoms with Crippen LogP contribution < -0.4 is 9.46 Å². The molecule has 0 saturated carbocycles. The maximum Gasteiger partial charge on any atom is 0.264 e. The average Bonchev–Trinajstić information content (AvgIpc) is 3.23. The van der Waals surface area contributed by atoms with E-state index < -0.39 is 26.6 Å². The Bertz CT molecular complexity index is 1590. The number of ether oxygens (including phenoxy) is 1. The first-order valence-electron chi connectivity index (χ1n) is 10.5. The van der Waals surface area contributed by atoms with Crippen LogP contribution in [0.1, 0.15) is 18.2 Å². The Morgan fingerprint density at radius 1 is 1.14 bits per heavy atom. The second kappa shape index (κ2) is 9.74. The van der Waals surface area contributed by atoms with Crippen molar-refractivity contribution in [1.29, 1.82) is 0 Å². The zero-order chi connectivity index (χ0) is 25.2. The molecule has 4 rings (SSSR count). The first-order valence-corrected chi connectivity index (χ1v) is 12.0. The van der Waals surface area contributed by atoms with Crippen LogP contribution in [-0.2, 0) is 16.4 Å². The quantitative estimate of drug-likeness (QED) is 0.393. The summed E-state index contributed by atoms with van der Waals surface area (Å²) in [6.45, 7) is 1.60. The largest absolute Gasteiger partial charge is 0.494 e. The lowest BCUT2D eigenvalue weighted by Gasteiger charge is -2.17. The fraction of sp³-hybridized carbons (Fsp3) is 0.160. The Kier molecular flexibility index (Phi) is 6.73. The topological polar surface area (TPSA) is 92.9 Å². The van der Waals surface area contributed by atoms with E-state index in [1.807, 2.05) is 19.1 Å². The molecule has 4 aromatic rings. The molecular weight excluding hydrogens is 476 g/mol. The molecule has 0 atom stereocenters. The molecule has 2 aromatic carbocycles. The summed E-state index contributed by atoms with van der Waals surface area (Å²) in [5.41, 5.74) is 3.44. The van der Waals surface area contributed by atoms with Gasteiger partial charge in [0.1, 0.15) is 40.2 Å². The van der Waals surface area contributed by atoms with Gasteiger partial charge in [0.05, 0.1) is 19.0 Å². The van der Waals surface area contributed by atoms with Gasteiger partial charge in [0.25, 0.3) is 10.0 Å². The van der Waals surface area contributed by atoms with E-state index in [1.54, 1.807) is 28.9 Å². The lowest BCUT2D eigenvalue weighted by molar-refractivity contribution is 0.350. The molecule has 10 heteroatoms. The van der Waals surface area contributed by atoms with Gasteiger partial charge in [-0.2, -0.15) is 0 Å². The van der Waals surface area contributed by atoms with Crippen molar-refractivity contribution in [3.8, 4) is 28.7 Å². The van der Waals surface area contributed by atoms with E-state index in [0.717, 1.165) is 17.7 Å². The Hall–Kier alpha value is -3.94. The van der Waals surface area contributed by atoms with E-state index in [2.05, 4.69) is 21.5 Å². The molecule has 2 heterocycles. The highest BCUT2D eigenvalue weighted by Gasteiger charge is 2.23. The third kappa shape index (κ3) is 4.82. The predicted molar refractivity (Wildman–Crippen MR) is 128 cm³/mol. The molecular formula is C25H21F2N3O4S. The molecule has 35 heavy (non-hydrogen) atoms. The van der Waals surface area contributed by atoms with Gasteiger partial charge in [0.2, 0.25) is 0 Å². The lowest BCUT2D eigenvalue weighted by Crippen LogP contribution is -2.16. The van der Waals surface area contributed by atoms with Gasteiger partial charge >= 0.3 is 0 Å². The van der Waals surface area contributed by atoms with Gasteiger partial charge < -0.3 is 9.84 Å². The molecule has 0 amide bonds. The third-order valence-corrected chi connectivity index (χ3v) is 6.71. The van der Waals surface area contributed by atoms with Crippen LogP contribution in [0.3, 0.4) is 0 Å². The number of hydrogen-bond acceptors (Lipinski definition) is 5. The average molecular weight is 498 g/mol. The van der Waals surface area contributed by atoms with Crippen molar-refractivity contribution in [3.63, 3.8) is 0 Å². The van der Waals surface area contributed by atoms with Gasteiger partial charge in [-0.3, -0.25) is 9.12 Å². The highest BCUT2D eigenvalue weighted by Crippen LogP contribution is 2.37. The molecule has 2 aromatic heterocycles. The molecule has 0 aliphatic rings. The molecule has 180 valence electrons. The van der Waals surface area contributed by atoms with Crippen molar-refractivity contribution >= 4 is 21.4 Å². The van der Waals surface area contributed by atoms with Gasteiger partial charge in [0.15, 0.2) is 0 Å². The van der Waals surface area contributed by atoms with Crippen LogP contribution in [0.4, 0.5) is 14.5 Å². The fourth-order valence-corrected chi connectivity index (χ4v) is 4.82. The standard InChI is InChI=1S/C25H21F2N3O4S/c1-3-16-11-18(17-6-9-24-28-14-20(5-4-10-31)30(24)15-17)12-22(25(16)34-2)29-35(32,33)23-8-7-19(26)13-21(23)27/h6-9,11-15,29,31H,3,10H2,1-2H3. The molecule has 2 N–H and O–H groups in total. The minimum atomic E-state index is -4.39. The van der Waals surface area contributed by atoms with Crippen molar-refractivity contribution in [2.75, 3.05) is 18.4 Å². The molecule has 0 fully saturated rings. The van der Waals surface area contributed by atoms with Crippen LogP contribution in [0.25, 0.3) is 16.8 Å². The molecule has 0 aliphatic heterocycles. The van der Waals surface area contributed by atoms with E-state index in [1.165, 1.54) is 7.11 Å². The number of nitrogens with one attached hydrogen (secondary N) is 1. The highest BCUT2D eigenvalue weighted by molar-refractivity contribution is 7.92. The number of rotatable bonds is 6. The molecule has 0 aliphatic carbocycles. The molecule has 7 nitrogen and oxygen atoms in total. The molecule has 0 spiro atoms. The number of aromatic nitrogens is 2. The molecule has 0 radical (unpaired) electrons. The van der Waals surface area contributed by atoms with Crippen LogP contribution in [-0.4, -0.2) is 36.6 Å². The van der Waals surface area contributed by atoms with Crippen molar-refractivity contribution in [2.24, 2.45) is 0 Å². The van der Waals surface area contributed by atoms with Crippen LogP contribution >= 0.6 is 0 Å². The molecule has 0 bridgehead atoms. The summed E-state index contributed by atoms with van der Waals surface area (Å²) < 4.78 is 63.1. The Labute approximate surface area is 201 Å². The number of aryl methyl sites for hydroxylation is 1. The maximum absolute atomic E-state index is 14.2. The number of pyridine rings is 1. The first kappa shape index (κ1) is 24.2. The van der Waals surface area contributed by atoms with Crippen LogP contribution in [0.5, 0.6) is 5.75 Å². The van der Waals surface area contributed by atoms with Crippen LogP contribution in [0.15, 0.2) is 59.8 Å². The van der Waals surface area contributed by atoms with E-state index in [0.29, 0.717) is 40.7 Å². The smallest absolute Gasteiger partial charge is 0.264 e. The summed E-state index contributed by atoms with van der Waals surface area (Å²) in [5.74, 6) is 3.63. The predicted octanol–water partition coefficient (Wildman–Crippen LogP) is 4.00. The molecule has 0 saturated heterocycles. The van der Waals surface area contributed by atoms with Crippen LogP contribution in [0.2, 0.25) is 0 Å². The van der Waals surface area contributed by atoms with E-state index in [-0.39, 0.29) is 12.3 Å². The summed E-state index contributed by atoms with van der Waals surface area (Å²) >= 11 is 0. The van der Waals surface area contributed by atoms with Gasteiger partial charge in [-0.15, -0.1) is 0 Å². The lowest BCUT2D eigenvalue weighted by atomic mass is 10.0. The second-order valence-corrected chi connectivity index (χ2v) is 9.15. The SMILES string of the molecule is CCc1cc(-c2ccc3ncc(C#CCO)n3c2)cc(NS(=O)(=O)c2ccc(F)cc2F)c1OC. The van der Waals surface area contributed by atoms with E-state index in [9.17, 15) is 17.2 Å². The summed E-state index contributed by atoms with van der Waals surface area (Å²) in [6.07, 6.45) is 3.91. The van der Waals surface area contributed by atoms with Crippen molar-refractivity contribution in [3.05, 3.63) is 77.8 Å². The highest BCUT2D eigenvalue weighted by atomic mass is 32.2. The number of anilines is 1. The van der Waals surface area contributed by atoms with Gasteiger partial charge in [-0.1, -0.05) is 12.8 Å². The van der Waals surface area contributed by atoms with Crippen molar-refractivity contribution < 1.29 is 27.0 Å². The number of halogens is 2. The Morgan fingerprint density at radius 2 is 1.94 bits per heavy atom. The first-order chi connectivity index (χ1) is 16.8. The monoisotopic (exact) mass is 497 g/mol. The number of fused-ring (bicyclic) bond motifs is 1. The number of methoxy groups -OCH3 is 1. The van der Waals surface area contributed by atoms with E-state index >= 15 is 0 Å². The maximum atomic E-state index is 14.2. The van der Waals surface area contributed by atoms with Crippen LogP contribution in [0, 0.1) is 23.5 Å². The fourth-order valence-electron chi connectivity index (χ4n) is 3.70. The van der Waals surface area contributed by atoms with Gasteiger partial charge in [-0.05, 0) is 65.4 Å². The zero-order valence-electron chi connectivity index (χ0n) is 18.8. The number of sulfonamides is 1. The normalized spacial score (nSPS) is 11.2. The van der Waals surface area contributed by atoms with Gasteiger partial charge in [0, 0.05) is 12.3 Å².